The van der Waals surface area contributed by atoms with Crippen molar-refractivity contribution in [2.45, 2.75) is 13.5 Å². The zero-order chi connectivity index (χ0) is 15.2. The predicted molar refractivity (Wildman–Crippen MR) is 86.4 cm³/mol. The van der Waals surface area contributed by atoms with Gasteiger partial charge in [-0.05, 0) is 35.8 Å². The minimum Gasteiger partial charge on any atom is -0.478 e. The smallest absolute Gasteiger partial charge is 0.328 e. The minimum absolute atomic E-state index is 0.782. The van der Waals surface area contributed by atoms with Crippen LogP contribution in [-0.4, -0.2) is 18.1 Å². The molecule has 3 heteroatoms. The lowest BCUT2D eigenvalue weighted by atomic mass is 10.1. The monoisotopic (exact) mass is 281 g/mol. The summed E-state index contributed by atoms with van der Waals surface area (Å²) in [5, 5.41) is 8.78. The maximum absolute atomic E-state index is 10.7. The van der Waals surface area contributed by atoms with Gasteiger partial charge in [-0.3, -0.25) is 0 Å². The number of aryl methyl sites for hydroxylation is 1. The van der Waals surface area contributed by atoms with Crippen molar-refractivity contribution in [2.75, 3.05) is 11.9 Å². The van der Waals surface area contributed by atoms with Crippen molar-refractivity contribution in [2.24, 2.45) is 0 Å². The molecular weight excluding hydrogens is 262 g/mol. The summed E-state index contributed by atoms with van der Waals surface area (Å²) in [7, 11) is 2.01. The molecule has 0 saturated carbocycles. The average molecular weight is 281 g/mol. The van der Waals surface area contributed by atoms with Gasteiger partial charge in [0, 0.05) is 25.4 Å². The van der Waals surface area contributed by atoms with Crippen LogP contribution in [-0.2, 0) is 11.3 Å². The zero-order valence-corrected chi connectivity index (χ0v) is 12.3. The average Bonchev–Trinajstić information content (AvgIpc) is 2.47. The van der Waals surface area contributed by atoms with Gasteiger partial charge in [0.15, 0.2) is 0 Å². The molecule has 2 rings (SSSR count). The fourth-order valence-corrected chi connectivity index (χ4v) is 2.27. The third kappa shape index (κ3) is 3.96. The number of carbonyl (C=O) groups is 1. The summed E-state index contributed by atoms with van der Waals surface area (Å²) in [6, 6.07) is 16.1. The van der Waals surface area contributed by atoms with Crippen molar-refractivity contribution in [1.82, 2.24) is 0 Å². The first kappa shape index (κ1) is 14.9. The molecule has 0 amide bonds. The highest BCUT2D eigenvalue weighted by molar-refractivity contribution is 5.86. The number of para-hydroxylation sites is 1. The molecule has 0 aliphatic carbocycles. The van der Waals surface area contributed by atoms with E-state index in [4.69, 9.17) is 5.11 Å². The van der Waals surface area contributed by atoms with E-state index in [0.29, 0.717) is 0 Å². The van der Waals surface area contributed by atoms with Crippen molar-refractivity contribution >= 4 is 17.7 Å². The Labute approximate surface area is 125 Å². The lowest BCUT2D eigenvalue weighted by Crippen LogP contribution is -2.18. The molecule has 0 aromatic heterocycles. The molecule has 0 saturated heterocycles. The van der Waals surface area contributed by atoms with E-state index in [1.165, 1.54) is 17.2 Å². The molecule has 3 nitrogen and oxygen atoms in total. The van der Waals surface area contributed by atoms with Crippen LogP contribution in [0.15, 0.2) is 54.6 Å². The van der Waals surface area contributed by atoms with Crippen LogP contribution in [0.3, 0.4) is 0 Å². The number of nitrogens with zero attached hydrogens (tertiary/aromatic N) is 1. The summed E-state index contributed by atoms with van der Waals surface area (Å²) < 4.78 is 0. The van der Waals surface area contributed by atoms with Crippen LogP contribution in [0.5, 0.6) is 0 Å². The molecule has 1 N–H and O–H groups in total. The van der Waals surface area contributed by atoms with E-state index >= 15 is 0 Å². The number of anilines is 1. The van der Waals surface area contributed by atoms with Crippen LogP contribution in [0.2, 0.25) is 0 Å². The first-order chi connectivity index (χ1) is 10.1. The maximum Gasteiger partial charge on any atom is 0.328 e. The number of hydrogen-bond donors (Lipinski definition) is 1. The quantitative estimate of drug-likeness (QED) is 0.849. The van der Waals surface area contributed by atoms with Gasteiger partial charge in [-0.25, -0.2) is 4.79 Å². The summed E-state index contributed by atoms with van der Waals surface area (Å²) in [4.78, 5) is 12.8. The highest BCUT2D eigenvalue weighted by atomic mass is 16.4. The molecular formula is C18H19NO2. The van der Waals surface area contributed by atoms with E-state index in [9.17, 15) is 4.79 Å². The van der Waals surface area contributed by atoms with Gasteiger partial charge in [0.25, 0.3) is 0 Å². The minimum atomic E-state index is -0.939. The number of carboxylic acid groups (broad SMARTS) is 1. The first-order valence-electron chi connectivity index (χ1n) is 6.83. The van der Waals surface area contributed by atoms with Crippen molar-refractivity contribution in [1.29, 1.82) is 0 Å². The molecule has 0 aliphatic rings. The molecule has 0 spiro atoms. The summed E-state index contributed by atoms with van der Waals surface area (Å²) >= 11 is 0. The second-order valence-corrected chi connectivity index (χ2v) is 5.01. The largest absolute Gasteiger partial charge is 0.478 e. The van der Waals surface area contributed by atoms with Gasteiger partial charge in [-0.15, -0.1) is 0 Å². The van der Waals surface area contributed by atoms with Crippen LogP contribution in [0.1, 0.15) is 16.7 Å². The Kier molecular flexibility index (Phi) is 4.77. The molecule has 0 atom stereocenters. The van der Waals surface area contributed by atoms with Crippen molar-refractivity contribution < 1.29 is 9.90 Å². The Balaban J connectivity index is 2.25. The Morgan fingerprint density at radius 3 is 2.52 bits per heavy atom. The van der Waals surface area contributed by atoms with Crippen LogP contribution >= 0.6 is 0 Å². The van der Waals surface area contributed by atoms with Crippen molar-refractivity contribution in [3.8, 4) is 0 Å². The maximum atomic E-state index is 10.7. The van der Waals surface area contributed by atoms with E-state index in [1.807, 2.05) is 43.4 Å². The van der Waals surface area contributed by atoms with E-state index < -0.39 is 5.97 Å². The molecule has 108 valence electrons. The van der Waals surface area contributed by atoms with Gasteiger partial charge in [0.1, 0.15) is 0 Å². The van der Waals surface area contributed by atoms with Crippen LogP contribution in [0.4, 0.5) is 5.69 Å². The van der Waals surface area contributed by atoms with Crippen LogP contribution in [0, 0.1) is 6.92 Å². The van der Waals surface area contributed by atoms with E-state index in [1.54, 1.807) is 6.08 Å². The molecule has 0 radical (unpaired) electrons. The topological polar surface area (TPSA) is 40.5 Å². The fourth-order valence-electron chi connectivity index (χ4n) is 2.27. The third-order valence-corrected chi connectivity index (χ3v) is 3.42. The predicted octanol–water partition coefficient (Wildman–Crippen LogP) is 3.73. The molecule has 0 bridgehead atoms. The summed E-state index contributed by atoms with van der Waals surface area (Å²) in [5.74, 6) is -0.939. The first-order valence-corrected chi connectivity index (χ1v) is 6.83. The Bertz CT molecular complexity index is 662. The van der Waals surface area contributed by atoms with Gasteiger partial charge in [-0.2, -0.15) is 0 Å². The highest BCUT2D eigenvalue weighted by Crippen LogP contribution is 2.23. The zero-order valence-electron chi connectivity index (χ0n) is 12.3. The summed E-state index contributed by atoms with van der Waals surface area (Å²) in [6.07, 6.45) is 2.80. The van der Waals surface area contributed by atoms with Crippen LogP contribution in [0.25, 0.3) is 6.08 Å². The Hall–Kier alpha value is -2.55. The number of rotatable bonds is 5. The summed E-state index contributed by atoms with van der Waals surface area (Å²) in [6.45, 7) is 2.88. The van der Waals surface area contributed by atoms with E-state index in [2.05, 4.69) is 24.0 Å². The van der Waals surface area contributed by atoms with Crippen molar-refractivity contribution in [3.05, 3.63) is 71.3 Å². The standard InChI is InChI=1S/C18H19NO2/c1-14-7-3-4-9-16(14)13-19(2)17-10-6-5-8-15(17)11-12-18(20)21/h3-12H,13H2,1-2H3,(H,20,21). The fraction of sp³-hybridized carbons (Fsp3) is 0.167. The number of carboxylic acids is 1. The molecule has 0 unspecified atom stereocenters. The number of aliphatic carboxylic acids is 1. The van der Waals surface area contributed by atoms with Gasteiger partial charge >= 0.3 is 5.97 Å². The number of benzene rings is 2. The van der Waals surface area contributed by atoms with Gasteiger partial charge < -0.3 is 10.0 Å². The molecule has 0 aliphatic heterocycles. The Morgan fingerprint density at radius 1 is 1.14 bits per heavy atom. The third-order valence-electron chi connectivity index (χ3n) is 3.42. The van der Waals surface area contributed by atoms with E-state index in [0.717, 1.165) is 17.8 Å². The van der Waals surface area contributed by atoms with Crippen molar-refractivity contribution in [3.63, 3.8) is 0 Å². The lowest BCUT2D eigenvalue weighted by molar-refractivity contribution is -0.131. The molecule has 0 heterocycles. The van der Waals surface area contributed by atoms with Crippen LogP contribution < -0.4 is 4.90 Å². The van der Waals surface area contributed by atoms with Gasteiger partial charge in [0.2, 0.25) is 0 Å². The van der Waals surface area contributed by atoms with E-state index in [-0.39, 0.29) is 0 Å². The van der Waals surface area contributed by atoms with Gasteiger partial charge in [0.05, 0.1) is 0 Å². The normalized spacial score (nSPS) is 10.8. The number of hydrogen-bond acceptors (Lipinski definition) is 2. The highest BCUT2D eigenvalue weighted by Gasteiger charge is 2.07. The summed E-state index contributed by atoms with van der Waals surface area (Å²) in [5.41, 5.74) is 4.43. The molecule has 21 heavy (non-hydrogen) atoms. The lowest BCUT2D eigenvalue weighted by Gasteiger charge is -2.22. The molecule has 2 aromatic carbocycles. The molecule has 0 fully saturated rings. The second-order valence-electron chi connectivity index (χ2n) is 5.01. The molecule has 2 aromatic rings. The Morgan fingerprint density at radius 2 is 1.81 bits per heavy atom. The van der Waals surface area contributed by atoms with Gasteiger partial charge in [-0.1, -0.05) is 42.5 Å². The SMILES string of the molecule is Cc1ccccc1CN(C)c1ccccc1C=CC(=O)O. The second kappa shape index (κ2) is 6.75.